The number of ether oxygens (including phenoxy) is 3. The van der Waals surface area contributed by atoms with Crippen LogP contribution in [0.25, 0.3) is 0 Å². The Morgan fingerprint density at radius 2 is 1.38 bits per heavy atom. The summed E-state index contributed by atoms with van der Waals surface area (Å²) in [5.41, 5.74) is 0. The highest BCUT2D eigenvalue weighted by atomic mass is 16.6. The first-order valence-electron chi connectivity index (χ1n) is 5.06. The van der Waals surface area contributed by atoms with E-state index in [1.807, 2.05) is 6.92 Å². The first kappa shape index (κ1) is 20.3. The fraction of sp³-hybridized carbons (Fsp3) is 0.583. The van der Waals surface area contributed by atoms with Crippen LogP contribution in [0.5, 0.6) is 0 Å². The zero-order valence-electron chi connectivity index (χ0n) is 10.5. The summed E-state index contributed by atoms with van der Waals surface area (Å²) in [6, 6.07) is 0. The van der Waals surface area contributed by atoms with Crippen LogP contribution < -0.4 is 0 Å². The second kappa shape index (κ2) is 23.6. The van der Waals surface area contributed by atoms with Gasteiger partial charge in [-0.3, -0.25) is 4.79 Å². The van der Waals surface area contributed by atoms with E-state index in [9.17, 15) is 4.79 Å². The first-order valence-corrected chi connectivity index (χ1v) is 5.06. The third kappa shape index (κ3) is 29.3. The van der Waals surface area contributed by atoms with E-state index in [-0.39, 0.29) is 5.97 Å². The van der Waals surface area contributed by atoms with Gasteiger partial charge in [0.15, 0.2) is 0 Å². The third-order valence-electron chi connectivity index (χ3n) is 1.11. The summed E-state index contributed by atoms with van der Waals surface area (Å²) in [4.78, 5) is 10.3. The average molecular weight is 232 g/mol. The second-order valence-corrected chi connectivity index (χ2v) is 2.15. The van der Waals surface area contributed by atoms with E-state index < -0.39 is 0 Å². The molecule has 16 heavy (non-hydrogen) atoms. The second-order valence-electron chi connectivity index (χ2n) is 2.15. The summed E-state index contributed by atoms with van der Waals surface area (Å²) in [5, 5.41) is 0. The van der Waals surface area contributed by atoms with Crippen LogP contribution in [0.3, 0.4) is 0 Å². The van der Waals surface area contributed by atoms with Crippen molar-refractivity contribution in [2.24, 2.45) is 0 Å². The highest BCUT2D eigenvalue weighted by Crippen LogP contribution is 1.80. The maximum atomic E-state index is 10.3. The number of rotatable bonds is 7. The average Bonchev–Trinajstić information content (AvgIpc) is 2.33. The molecule has 0 aliphatic rings. The van der Waals surface area contributed by atoms with Gasteiger partial charge in [-0.05, 0) is 6.92 Å². The standard InChI is InChI=1S/C8H16O4.2C2H4/c1-3-10-4-5-11-6-7-12-8(2)9;2*1-2/h3-7H2,1-2H3;2*1-2H2. The Labute approximate surface area is 98.9 Å². The zero-order valence-corrected chi connectivity index (χ0v) is 10.5. The van der Waals surface area contributed by atoms with E-state index >= 15 is 0 Å². The zero-order chi connectivity index (χ0) is 13.2. The van der Waals surface area contributed by atoms with Crippen molar-refractivity contribution in [3.05, 3.63) is 26.3 Å². The number of hydrogen-bond acceptors (Lipinski definition) is 4. The molecule has 0 radical (unpaired) electrons. The smallest absolute Gasteiger partial charge is 0.302 e. The lowest BCUT2D eigenvalue weighted by atomic mass is 10.7. The van der Waals surface area contributed by atoms with Gasteiger partial charge in [0.1, 0.15) is 6.61 Å². The van der Waals surface area contributed by atoms with Crippen LogP contribution in [0.2, 0.25) is 0 Å². The minimum absolute atomic E-state index is 0.275. The van der Waals surface area contributed by atoms with Gasteiger partial charge in [0.2, 0.25) is 0 Å². The minimum Gasteiger partial charge on any atom is -0.463 e. The number of hydrogen-bond donors (Lipinski definition) is 0. The Balaban J connectivity index is -0.000000376. The molecule has 0 saturated heterocycles. The van der Waals surface area contributed by atoms with Crippen molar-refractivity contribution in [2.75, 3.05) is 33.0 Å². The van der Waals surface area contributed by atoms with Crippen LogP contribution in [-0.4, -0.2) is 39.0 Å². The molecular weight excluding hydrogens is 208 g/mol. The van der Waals surface area contributed by atoms with E-state index in [0.717, 1.165) is 0 Å². The van der Waals surface area contributed by atoms with Crippen LogP contribution in [0, 0.1) is 0 Å². The lowest BCUT2D eigenvalue weighted by Gasteiger charge is -2.03. The maximum Gasteiger partial charge on any atom is 0.302 e. The largest absolute Gasteiger partial charge is 0.463 e. The fourth-order valence-electron chi connectivity index (χ4n) is 0.609. The minimum atomic E-state index is -0.275. The molecular formula is C12H24O4. The topological polar surface area (TPSA) is 44.8 Å². The molecule has 0 aliphatic carbocycles. The van der Waals surface area contributed by atoms with Crippen LogP contribution >= 0.6 is 0 Å². The lowest BCUT2D eigenvalue weighted by molar-refractivity contribution is -0.142. The molecule has 0 N–H and O–H groups in total. The summed E-state index contributed by atoms with van der Waals surface area (Å²) in [6.45, 7) is 17.9. The van der Waals surface area contributed by atoms with E-state index in [2.05, 4.69) is 31.1 Å². The van der Waals surface area contributed by atoms with E-state index in [1.54, 1.807) is 0 Å². The number of carbonyl (C=O) groups is 1. The molecule has 4 nitrogen and oxygen atoms in total. The molecule has 0 saturated carbocycles. The van der Waals surface area contributed by atoms with Crippen LogP contribution in [-0.2, 0) is 19.0 Å². The quantitative estimate of drug-likeness (QED) is 0.383. The van der Waals surface area contributed by atoms with Crippen LogP contribution in [0.15, 0.2) is 26.3 Å². The van der Waals surface area contributed by atoms with E-state index in [1.165, 1.54) is 6.92 Å². The first-order chi connectivity index (χ1) is 7.77. The van der Waals surface area contributed by atoms with Crippen molar-refractivity contribution < 1.29 is 19.0 Å². The van der Waals surface area contributed by atoms with Crippen molar-refractivity contribution in [2.45, 2.75) is 13.8 Å². The van der Waals surface area contributed by atoms with E-state index in [0.29, 0.717) is 33.0 Å². The maximum absolute atomic E-state index is 10.3. The van der Waals surface area contributed by atoms with Gasteiger partial charge < -0.3 is 14.2 Å². The van der Waals surface area contributed by atoms with Crippen molar-refractivity contribution in [3.63, 3.8) is 0 Å². The Bertz CT molecular complexity index is 135. The van der Waals surface area contributed by atoms with Gasteiger partial charge in [0.05, 0.1) is 19.8 Å². The molecule has 0 rings (SSSR count). The SMILES string of the molecule is C=C.C=C.CCOCCOCCOC(C)=O. The Hall–Kier alpha value is -1.13. The number of esters is 1. The molecule has 0 bridgehead atoms. The number of carbonyl (C=O) groups excluding carboxylic acids is 1. The Morgan fingerprint density at radius 3 is 1.81 bits per heavy atom. The molecule has 0 aromatic rings. The summed E-state index contributed by atoms with van der Waals surface area (Å²) in [5.74, 6) is -0.275. The molecule has 0 heterocycles. The predicted octanol–water partition coefficient (Wildman–Crippen LogP) is 2.21. The Morgan fingerprint density at radius 1 is 0.938 bits per heavy atom. The van der Waals surface area contributed by atoms with Gasteiger partial charge in [-0.25, -0.2) is 0 Å². The van der Waals surface area contributed by atoms with Gasteiger partial charge in [-0.1, -0.05) is 0 Å². The lowest BCUT2D eigenvalue weighted by Crippen LogP contribution is -2.10. The van der Waals surface area contributed by atoms with Crippen LogP contribution in [0.1, 0.15) is 13.8 Å². The summed E-state index contributed by atoms with van der Waals surface area (Å²) in [6.07, 6.45) is 0. The molecule has 0 aromatic carbocycles. The highest BCUT2D eigenvalue weighted by Gasteiger charge is 1.92. The normalized spacial score (nSPS) is 7.88. The molecule has 0 amide bonds. The van der Waals surface area contributed by atoms with Gasteiger partial charge >= 0.3 is 5.97 Å². The summed E-state index contributed by atoms with van der Waals surface area (Å²) >= 11 is 0. The van der Waals surface area contributed by atoms with Crippen molar-refractivity contribution in [1.82, 2.24) is 0 Å². The van der Waals surface area contributed by atoms with Gasteiger partial charge in [0.25, 0.3) is 0 Å². The molecule has 4 heteroatoms. The summed E-state index contributed by atoms with van der Waals surface area (Å²) < 4.78 is 14.8. The van der Waals surface area contributed by atoms with Gasteiger partial charge in [0, 0.05) is 13.5 Å². The van der Waals surface area contributed by atoms with Crippen LogP contribution in [0.4, 0.5) is 0 Å². The van der Waals surface area contributed by atoms with Gasteiger partial charge in [-0.2, -0.15) is 0 Å². The highest BCUT2D eigenvalue weighted by molar-refractivity contribution is 5.65. The molecule has 0 unspecified atom stereocenters. The monoisotopic (exact) mass is 232 g/mol. The third-order valence-corrected chi connectivity index (χ3v) is 1.11. The van der Waals surface area contributed by atoms with E-state index in [4.69, 9.17) is 9.47 Å². The molecule has 0 aliphatic heterocycles. The molecule has 0 spiro atoms. The van der Waals surface area contributed by atoms with Crippen molar-refractivity contribution >= 4 is 5.97 Å². The van der Waals surface area contributed by atoms with Gasteiger partial charge in [-0.15, -0.1) is 26.3 Å². The van der Waals surface area contributed by atoms with Crippen molar-refractivity contribution in [3.8, 4) is 0 Å². The molecule has 0 fully saturated rings. The summed E-state index contributed by atoms with van der Waals surface area (Å²) in [7, 11) is 0. The molecule has 96 valence electrons. The molecule has 0 atom stereocenters. The van der Waals surface area contributed by atoms with Crippen molar-refractivity contribution in [1.29, 1.82) is 0 Å². The predicted molar refractivity (Wildman–Crippen MR) is 66.5 cm³/mol. The molecule has 0 aromatic heterocycles. The Kier molecular flexibility index (Phi) is 29.9. The fourth-order valence-corrected chi connectivity index (χ4v) is 0.609.